The van der Waals surface area contributed by atoms with Gasteiger partial charge in [-0.2, -0.15) is 0 Å². The molecule has 0 unspecified atom stereocenters. The molecular formula is C16H23N2O2+. The van der Waals surface area contributed by atoms with E-state index in [1.165, 1.54) is 44.8 Å². The number of hydrogen-bond donors (Lipinski definition) is 0. The minimum absolute atomic E-state index is 0.123. The second kappa shape index (κ2) is 5.19. The molecule has 0 spiro atoms. The van der Waals surface area contributed by atoms with Gasteiger partial charge in [0.15, 0.2) is 5.78 Å². The fourth-order valence-corrected chi connectivity index (χ4v) is 3.45. The number of quaternary nitrogens is 1. The average Bonchev–Trinajstić information content (AvgIpc) is 2.48. The lowest BCUT2D eigenvalue weighted by Crippen LogP contribution is -2.66. The van der Waals surface area contributed by atoms with Crippen LogP contribution in [0.3, 0.4) is 0 Å². The zero-order chi connectivity index (χ0) is 14.2. The third-order valence-corrected chi connectivity index (χ3v) is 4.86. The molecule has 0 aliphatic carbocycles. The number of rotatable bonds is 4. The molecule has 0 N–H and O–H groups in total. The second-order valence-electron chi connectivity index (χ2n) is 6.10. The monoisotopic (exact) mass is 275 g/mol. The lowest BCUT2D eigenvalue weighted by Gasteiger charge is -2.50. The molecule has 20 heavy (non-hydrogen) atoms. The first-order valence-electron chi connectivity index (χ1n) is 7.37. The van der Waals surface area contributed by atoms with Gasteiger partial charge in [-0.05, 0) is 25.1 Å². The molecule has 0 aromatic heterocycles. The number of piperazine rings is 3. The van der Waals surface area contributed by atoms with Gasteiger partial charge < -0.3 is 9.22 Å². The molecule has 0 atom stereocenters. The highest BCUT2D eigenvalue weighted by Crippen LogP contribution is 2.28. The van der Waals surface area contributed by atoms with Crippen LogP contribution in [0.5, 0.6) is 5.75 Å². The molecule has 3 aliphatic rings. The number of carbonyl (C=O) groups is 1. The van der Waals surface area contributed by atoms with Gasteiger partial charge in [0.2, 0.25) is 0 Å². The van der Waals surface area contributed by atoms with E-state index in [2.05, 4.69) is 4.90 Å². The van der Waals surface area contributed by atoms with E-state index >= 15 is 0 Å². The number of nitrogens with zero attached hydrogens (tertiary/aromatic N) is 2. The van der Waals surface area contributed by atoms with Crippen molar-refractivity contribution >= 4 is 5.78 Å². The van der Waals surface area contributed by atoms with E-state index in [1.807, 2.05) is 18.2 Å². The van der Waals surface area contributed by atoms with Crippen molar-refractivity contribution in [2.24, 2.45) is 0 Å². The van der Waals surface area contributed by atoms with Crippen LogP contribution in [0, 0.1) is 0 Å². The first-order chi connectivity index (χ1) is 9.62. The lowest BCUT2D eigenvalue weighted by molar-refractivity contribution is -0.953. The van der Waals surface area contributed by atoms with Crippen molar-refractivity contribution in [2.45, 2.75) is 13.5 Å². The average molecular weight is 275 g/mol. The summed E-state index contributed by atoms with van der Waals surface area (Å²) in [6.45, 7) is 9.86. The summed E-state index contributed by atoms with van der Waals surface area (Å²) in [5.74, 6) is 1.04. The summed E-state index contributed by atoms with van der Waals surface area (Å²) in [5.41, 5.74) is 1.96. The van der Waals surface area contributed by atoms with Crippen molar-refractivity contribution in [1.29, 1.82) is 0 Å². The number of hydrogen-bond acceptors (Lipinski definition) is 3. The molecule has 2 bridgehead atoms. The molecule has 0 amide bonds. The molecule has 0 radical (unpaired) electrons. The fraction of sp³-hybridized carbons (Fsp3) is 0.562. The van der Waals surface area contributed by atoms with Gasteiger partial charge in [0.05, 0.1) is 26.7 Å². The number of carbonyl (C=O) groups excluding carboxylic acids is 1. The molecule has 4 heteroatoms. The van der Waals surface area contributed by atoms with Gasteiger partial charge in [0, 0.05) is 30.8 Å². The van der Waals surface area contributed by atoms with E-state index in [0.29, 0.717) is 0 Å². The van der Waals surface area contributed by atoms with Crippen molar-refractivity contribution in [3.63, 3.8) is 0 Å². The first kappa shape index (κ1) is 13.6. The van der Waals surface area contributed by atoms with Gasteiger partial charge >= 0.3 is 0 Å². The van der Waals surface area contributed by atoms with E-state index in [1.54, 1.807) is 14.0 Å². The molecular weight excluding hydrogens is 252 g/mol. The Kier molecular flexibility index (Phi) is 3.52. The molecule has 1 aromatic rings. The van der Waals surface area contributed by atoms with Crippen LogP contribution in [-0.2, 0) is 6.54 Å². The van der Waals surface area contributed by atoms with Gasteiger partial charge in [0.25, 0.3) is 0 Å². The smallest absolute Gasteiger partial charge is 0.159 e. The number of fused-ring (bicyclic) bond motifs is 3. The molecule has 0 saturated carbocycles. The molecule has 4 nitrogen and oxygen atoms in total. The molecule has 3 fully saturated rings. The van der Waals surface area contributed by atoms with Crippen molar-refractivity contribution in [3.05, 3.63) is 29.3 Å². The summed E-state index contributed by atoms with van der Waals surface area (Å²) in [7, 11) is 1.71. The summed E-state index contributed by atoms with van der Waals surface area (Å²) in [5, 5.41) is 0. The number of Topliss-reactive ketones (excluding diaryl/α,β-unsaturated/α-hetero) is 1. The van der Waals surface area contributed by atoms with E-state index in [9.17, 15) is 4.79 Å². The Morgan fingerprint density at radius 3 is 2.45 bits per heavy atom. The highest BCUT2D eigenvalue weighted by molar-refractivity contribution is 5.94. The van der Waals surface area contributed by atoms with Crippen LogP contribution in [0.25, 0.3) is 0 Å². The van der Waals surface area contributed by atoms with Crippen LogP contribution < -0.4 is 4.74 Å². The first-order valence-corrected chi connectivity index (χ1v) is 7.37. The molecule has 108 valence electrons. The number of ketones is 1. The standard InChI is InChI=1S/C16H23N2O2/c1-13(19)14-3-4-16(20-2)15(11-14)12-18-8-5-17(6-9-18)7-10-18/h3-4,11H,5-10,12H2,1-2H3/q+1. The number of ether oxygens (including phenoxy) is 1. The van der Waals surface area contributed by atoms with Crippen LogP contribution >= 0.6 is 0 Å². The summed E-state index contributed by atoms with van der Waals surface area (Å²) in [6, 6.07) is 5.82. The van der Waals surface area contributed by atoms with Gasteiger partial charge in [-0.1, -0.05) is 0 Å². The minimum Gasteiger partial charge on any atom is -0.496 e. The van der Waals surface area contributed by atoms with Crippen LogP contribution in [0.15, 0.2) is 18.2 Å². The van der Waals surface area contributed by atoms with Gasteiger partial charge in [-0.25, -0.2) is 0 Å². The van der Waals surface area contributed by atoms with Crippen molar-refractivity contribution in [2.75, 3.05) is 46.4 Å². The summed E-state index contributed by atoms with van der Waals surface area (Å²) >= 11 is 0. The van der Waals surface area contributed by atoms with Crippen LogP contribution in [0.2, 0.25) is 0 Å². The lowest BCUT2D eigenvalue weighted by atomic mass is 10.0. The van der Waals surface area contributed by atoms with Crippen LogP contribution in [0.1, 0.15) is 22.8 Å². The Balaban J connectivity index is 1.88. The van der Waals surface area contributed by atoms with Crippen LogP contribution in [0.4, 0.5) is 0 Å². The van der Waals surface area contributed by atoms with Gasteiger partial charge in [0.1, 0.15) is 12.3 Å². The zero-order valence-corrected chi connectivity index (χ0v) is 12.4. The molecule has 3 saturated heterocycles. The highest BCUT2D eigenvalue weighted by Gasteiger charge is 2.38. The van der Waals surface area contributed by atoms with Gasteiger partial charge in [-0.3, -0.25) is 9.69 Å². The second-order valence-corrected chi connectivity index (χ2v) is 6.10. The zero-order valence-electron chi connectivity index (χ0n) is 12.4. The Bertz CT molecular complexity index is 505. The summed E-state index contributed by atoms with van der Waals surface area (Å²) < 4.78 is 6.64. The molecule has 3 aliphatic heterocycles. The van der Waals surface area contributed by atoms with Crippen molar-refractivity contribution in [3.8, 4) is 5.75 Å². The largest absolute Gasteiger partial charge is 0.496 e. The maximum Gasteiger partial charge on any atom is 0.159 e. The maximum absolute atomic E-state index is 11.6. The third-order valence-electron chi connectivity index (χ3n) is 4.86. The topological polar surface area (TPSA) is 29.5 Å². The number of methoxy groups -OCH3 is 1. The van der Waals surface area contributed by atoms with Crippen molar-refractivity contribution in [1.82, 2.24) is 4.90 Å². The Morgan fingerprint density at radius 1 is 1.25 bits per heavy atom. The predicted molar refractivity (Wildman–Crippen MR) is 78.0 cm³/mol. The quantitative estimate of drug-likeness (QED) is 0.617. The van der Waals surface area contributed by atoms with E-state index < -0.39 is 0 Å². The van der Waals surface area contributed by atoms with Crippen LogP contribution in [-0.4, -0.2) is 61.5 Å². The third kappa shape index (κ3) is 2.45. The normalized spacial score (nSPS) is 28.4. The summed E-state index contributed by atoms with van der Waals surface area (Å²) in [6.07, 6.45) is 0. The molecule has 4 rings (SSSR count). The fourth-order valence-electron chi connectivity index (χ4n) is 3.45. The Labute approximate surface area is 120 Å². The molecule has 3 heterocycles. The Hall–Kier alpha value is -1.39. The van der Waals surface area contributed by atoms with Crippen molar-refractivity contribution < 1.29 is 14.0 Å². The SMILES string of the molecule is COc1ccc(C(C)=O)cc1C[N+]12CCN(CC1)CC2. The molecule has 1 aromatic carbocycles. The van der Waals surface area contributed by atoms with E-state index in [4.69, 9.17) is 4.74 Å². The highest BCUT2D eigenvalue weighted by atomic mass is 16.5. The Morgan fingerprint density at radius 2 is 1.90 bits per heavy atom. The van der Waals surface area contributed by atoms with E-state index in [0.717, 1.165) is 22.3 Å². The van der Waals surface area contributed by atoms with Gasteiger partial charge in [-0.15, -0.1) is 0 Å². The number of benzene rings is 1. The van der Waals surface area contributed by atoms with E-state index in [-0.39, 0.29) is 5.78 Å². The minimum atomic E-state index is 0.123. The summed E-state index contributed by atoms with van der Waals surface area (Å²) in [4.78, 5) is 14.1. The maximum atomic E-state index is 11.6. The predicted octanol–water partition coefficient (Wildman–Crippen LogP) is 1.54.